The number of aromatic nitrogens is 1. The molecule has 15 heavy (non-hydrogen) atoms. The lowest BCUT2D eigenvalue weighted by Gasteiger charge is -2.04. The van der Waals surface area contributed by atoms with E-state index in [9.17, 15) is 0 Å². The fourth-order valence-corrected chi connectivity index (χ4v) is 3.22. The minimum atomic E-state index is 0.674. The Morgan fingerprint density at radius 2 is 2.27 bits per heavy atom. The summed E-state index contributed by atoms with van der Waals surface area (Å²) in [6, 6.07) is 5.52. The van der Waals surface area contributed by atoms with Gasteiger partial charge < -0.3 is 5.73 Å². The number of rotatable bonds is 2. The molecule has 1 heterocycles. The third-order valence-corrected chi connectivity index (χ3v) is 4.43. The van der Waals surface area contributed by atoms with Crippen molar-refractivity contribution in [1.29, 1.82) is 0 Å². The topological polar surface area (TPSA) is 38.9 Å². The van der Waals surface area contributed by atoms with Crippen molar-refractivity contribution >= 4 is 40.4 Å². The molecule has 2 nitrogen and oxygen atoms in total. The number of aryl methyl sites for hydroxylation is 1. The molecule has 1 aromatic heterocycles. The first-order chi connectivity index (χ1) is 7.16. The summed E-state index contributed by atoms with van der Waals surface area (Å²) in [5, 5.41) is 2.68. The Morgan fingerprint density at radius 1 is 1.47 bits per heavy atom. The van der Waals surface area contributed by atoms with Crippen LogP contribution in [0.4, 0.5) is 5.69 Å². The van der Waals surface area contributed by atoms with E-state index in [0.717, 1.165) is 14.9 Å². The van der Waals surface area contributed by atoms with Crippen LogP contribution in [-0.4, -0.2) is 4.98 Å². The predicted molar refractivity (Wildman–Crippen MR) is 66.8 cm³/mol. The highest BCUT2D eigenvalue weighted by Gasteiger charge is 2.08. The fraction of sp³-hybridized carbons (Fsp3) is 0.100. The number of benzene rings is 1. The average molecular weight is 257 g/mol. The van der Waals surface area contributed by atoms with Gasteiger partial charge in [-0.1, -0.05) is 29.4 Å². The minimum Gasteiger partial charge on any atom is -0.398 e. The molecule has 2 rings (SSSR count). The van der Waals surface area contributed by atoms with Gasteiger partial charge in [-0.15, -0.1) is 11.3 Å². The lowest BCUT2D eigenvalue weighted by atomic mass is 10.3. The van der Waals surface area contributed by atoms with E-state index in [4.69, 9.17) is 17.3 Å². The van der Waals surface area contributed by atoms with Crippen LogP contribution in [0, 0.1) is 6.92 Å². The second kappa shape index (κ2) is 4.43. The van der Waals surface area contributed by atoms with Crippen molar-refractivity contribution in [1.82, 2.24) is 4.98 Å². The Kier molecular flexibility index (Phi) is 3.19. The Bertz CT molecular complexity index is 462. The Hall–Kier alpha value is -0.710. The lowest BCUT2D eigenvalue weighted by molar-refractivity contribution is 1.16. The summed E-state index contributed by atoms with van der Waals surface area (Å²) in [5.74, 6) is 0. The van der Waals surface area contributed by atoms with E-state index in [-0.39, 0.29) is 0 Å². The smallest absolute Gasteiger partial charge is 0.155 e. The number of nitrogens with zero attached hydrogens (tertiary/aromatic N) is 1. The van der Waals surface area contributed by atoms with Crippen LogP contribution in [0.1, 0.15) is 5.69 Å². The SMILES string of the molecule is Cc1csc(Sc2c(N)cccc2Cl)n1. The summed E-state index contributed by atoms with van der Waals surface area (Å²) in [5.41, 5.74) is 7.56. The number of nitrogens with two attached hydrogens (primary N) is 1. The van der Waals surface area contributed by atoms with Gasteiger partial charge >= 0.3 is 0 Å². The Morgan fingerprint density at radius 3 is 2.87 bits per heavy atom. The fourth-order valence-electron chi connectivity index (χ4n) is 1.10. The van der Waals surface area contributed by atoms with Crippen molar-refractivity contribution in [3.63, 3.8) is 0 Å². The first-order valence-electron chi connectivity index (χ1n) is 4.31. The van der Waals surface area contributed by atoms with Crippen LogP contribution in [0.15, 0.2) is 32.8 Å². The molecule has 0 aliphatic heterocycles. The maximum absolute atomic E-state index is 6.06. The molecular weight excluding hydrogens is 248 g/mol. The van der Waals surface area contributed by atoms with E-state index in [1.165, 1.54) is 11.8 Å². The lowest BCUT2D eigenvalue weighted by Crippen LogP contribution is -1.88. The molecule has 0 spiro atoms. The van der Waals surface area contributed by atoms with Crippen LogP contribution in [0.5, 0.6) is 0 Å². The Balaban J connectivity index is 2.31. The molecule has 0 saturated heterocycles. The molecule has 0 saturated carbocycles. The molecule has 0 unspecified atom stereocenters. The maximum Gasteiger partial charge on any atom is 0.155 e. The number of nitrogen functional groups attached to an aromatic ring is 1. The van der Waals surface area contributed by atoms with Gasteiger partial charge in [0.05, 0.1) is 9.92 Å². The van der Waals surface area contributed by atoms with Crippen molar-refractivity contribution in [3.05, 3.63) is 34.3 Å². The second-order valence-electron chi connectivity index (χ2n) is 3.02. The van der Waals surface area contributed by atoms with Crippen LogP contribution in [0.2, 0.25) is 5.02 Å². The third-order valence-electron chi connectivity index (χ3n) is 1.78. The van der Waals surface area contributed by atoms with Crippen molar-refractivity contribution < 1.29 is 0 Å². The molecule has 0 aliphatic rings. The van der Waals surface area contributed by atoms with Crippen LogP contribution in [0.3, 0.4) is 0 Å². The highest BCUT2D eigenvalue weighted by Crippen LogP contribution is 2.38. The number of thiazole rings is 1. The summed E-state index contributed by atoms with van der Waals surface area (Å²) >= 11 is 9.17. The molecule has 0 radical (unpaired) electrons. The van der Waals surface area contributed by atoms with Gasteiger partial charge in [-0.05, 0) is 19.1 Å². The van der Waals surface area contributed by atoms with E-state index in [1.807, 2.05) is 30.5 Å². The van der Waals surface area contributed by atoms with E-state index in [2.05, 4.69) is 4.98 Å². The maximum atomic E-state index is 6.06. The minimum absolute atomic E-state index is 0.674. The quantitative estimate of drug-likeness (QED) is 0.830. The van der Waals surface area contributed by atoms with Crippen molar-refractivity contribution in [2.24, 2.45) is 0 Å². The molecule has 2 N–H and O–H groups in total. The first kappa shape index (κ1) is 10.8. The van der Waals surface area contributed by atoms with Gasteiger partial charge in [-0.3, -0.25) is 0 Å². The summed E-state index contributed by atoms with van der Waals surface area (Å²) in [4.78, 5) is 5.24. The van der Waals surface area contributed by atoms with Crippen LogP contribution in [0.25, 0.3) is 0 Å². The average Bonchev–Trinajstić information content (AvgIpc) is 2.58. The predicted octanol–water partition coefficient (Wildman–Crippen LogP) is 3.84. The molecule has 0 atom stereocenters. The van der Waals surface area contributed by atoms with E-state index >= 15 is 0 Å². The highest BCUT2D eigenvalue weighted by atomic mass is 35.5. The first-order valence-corrected chi connectivity index (χ1v) is 6.38. The largest absolute Gasteiger partial charge is 0.398 e. The molecule has 0 amide bonds. The van der Waals surface area contributed by atoms with Crippen molar-refractivity contribution in [2.45, 2.75) is 16.2 Å². The van der Waals surface area contributed by atoms with E-state index < -0.39 is 0 Å². The number of halogens is 1. The van der Waals surface area contributed by atoms with Crippen LogP contribution >= 0.6 is 34.7 Å². The number of anilines is 1. The molecule has 0 fully saturated rings. The third kappa shape index (κ3) is 2.45. The summed E-state index contributed by atoms with van der Waals surface area (Å²) in [6.07, 6.45) is 0. The number of hydrogen-bond acceptors (Lipinski definition) is 4. The molecule has 1 aromatic carbocycles. The summed E-state index contributed by atoms with van der Waals surface area (Å²) in [7, 11) is 0. The van der Waals surface area contributed by atoms with Gasteiger partial charge in [-0.2, -0.15) is 0 Å². The summed E-state index contributed by atoms with van der Waals surface area (Å²) < 4.78 is 0.965. The Labute approximate surface area is 101 Å². The second-order valence-corrected chi connectivity index (χ2v) is 5.54. The monoisotopic (exact) mass is 256 g/mol. The normalized spacial score (nSPS) is 10.5. The van der Waals surface area contributed by atoms with Crippen molar-refractivity contribution in [2.75, 3.05) is 5.73 Å². The molecule has 0 aliphatic carbocycles. The van der Waals surface area contributed by atoms with E-state index in [1.54, 1.807) is 11.3 Å². The van der Waals surface area contributed by atoms with Gasteiger partial charge in [0, 0.05) is 16.8 Å². The van der Waals surface area contributed by atoms with E-state index in [0.29, 0.717) is 10.7 Å². The van der Waals surface area contributed by atoms with Gasteiger partial charge in [-0.25, -0.2) is 4.98 Å². The van der Waals surface area contributed by atoms with Gasteiger partial charge in [0.2, 0.25) is 0 Å². The number of hydrogen-bond donors (Lipinski definition) is 1. The molecule has 2 aromatic rings. The van der Waals surface area contributed by atoms with Crippen molar-refractivity contribution in [3.8, 4) is 0 Å². The summed E-state index contributed by atoms with van der Waals surface area (Å²) in [6.45, 7) is 1.97. The van der Waals surface area contributed by atoms with Gasteiger partial charge in [0.15, 0.2) is 4.34 Å². The molecular formula is C10H9ClN2S2. The van der Waals surface area contributed by atoms with Gasteiger partial charge in [0.1, 0.15) is 0 Å². The molecule has 78 valence electrons. The zero-order valence-electron chi connectivity index (χ0n) is 8.03. The van der Waals surface area contributed by atoms with Crippen LogP contribution in [-0.2, 0) is 0 Å². The van der Waals surface area contributed by atoms with Gasteiger partial charge in [0.25, 0.3) is 0 Å². The highest BCUT2D eigenvalue weighted by molar-refractivity contribution is 8.01. The van der Waals surface area contributed by atoms with Crippen LogP contribution < -0.4 is 5.73 Å². The standard InChI is InChI=1S/C10H9ClN2S2/c1-6-5-14-10(13-6)15-9-7(11)3-2-4-8(9)12/h2-5H,12H2,1H3. The molecule has 5 heteroatoms. The zero-order chi connectivity index (χ0) is 10.8. The molecule has 0 bridgehead atoms. The zero-order valence-corrected chi connectivity index (χ0v) is 10.4.